The molecule has 0 spiro atoms. The van der Waals surface area contributed by atoms with Crippen LogP contribution in [0.2, 0.25) is 0 Å². The van der Waals surface area contributed by atoms with E-state index < -0.39 is 150 Å². The smallest absolute Gasteiger partial charge is 0.410 e. The third-order valence-corrected chi connectivity index (χ3v) is 13.5. The lowest BCUT2D eigenvalue weighted by Crippen LogP contribution is -2.71. The summed E-state index contributed by atoms with van der Waals surface area (Å²) >= 11 is 0. The molecule has 1 aliphatic carbocycles. The van der Waals surface area contributed by atoms with Crippen molar-refractivity contribution in [3.05, 3.63) is 47.2 Å². The normalized spacial score (nSPS) is 27.6. The predicted octanol–water partition coefficient (Wildman–Crippen LogP) is 2.70. The molecule has 1 aromatic rings. The van der Waals surface area contributed by atoms with Gasteiger partial charge in [0.2, 0.25) is 5.91 Å². The van der Waals surface area contributed by atoms with Crippen molar-refractivity contribution in [1.82, 2.24) is 36.4 Å². The molecule has 82 heavy (non-hydrogen) atoms. The minimum absolute atomic E-state index is 0.00796. The Labute approximate surface area is 479 Å². The highest BCUT2D eigenvalue weighted by atomic mass is 16.7. The Morgan fingerprint density at radius 1 is 0.768 bits per heavy atom. The number of hydrogen-bond acceptors (Lipinski definition) is 20. The number of likely N-dealkylation sites (N-methyl/N-ethyl adjacent to an activating group) is 1. The molecule has 0 aromatic heterocycles. The fourth-order valence-corrected chi connectivity index (χ4v) is 10.1. The summed E-state index contributed by atoms with van der Waals surface area (Å²) in [6.45, 7) is 20.5. The van der Waals surface area contributed by atoms with Crippen molar-refractivity contribution in [3.63, 3.8) is 0 Å². The largest absolute Gasteiger partial charge is 0.491 e. The molecule has 0 radical (unpaired) electrons. The van der Waals surface area contributed by atoms with Gasteiger partial charge >= 0.3 is 24.4 Å². The molecule has 1 aromatic carbocycles. The molecule has 1 saturated heterocycles. The number of nitrogens with zero attached hydrogens (tertiary/aromatic N) is 2. The maximum Gasteiger partial charge on any atom is 0.410 e. The number of ether oxygens (including phenoxy) is 7. The van der Waals surface area contributed by atoms with E-state index in [1.807, 2.05) is 0 Å². The van der Waals surface area contributed by atoms with E-state index in [4.69, 9.17) is 33.2 Å². The van der Waals surface area contributed by atoms with Gasteiger partial charge in [-0.15, -0.1) is 0 Å². The zero-order valence-electron chi connectivity index (χ0n) is 49.7. The summed E-state index contributed by atoms with van der Waals surface area (Å²) in [6.07, 6.45) is -13.0. The van der Waals surface area contributed by atoms with Gasteiger partial charge in [0, 0.05) is 38.6 Å². The van der Waals surface area contributed by atoms with Gasteiger partial charge in [-0.25, -0.2) is 19.2 Å². The van der Waals surface area contributed by atoms with Crippen LogP contribution >= 0.6 is 0 Å². The van der Waals surface area contributed by atoms with Crippen LogP contribution in [0.15, 0.2) is 36.1 Å². The second kappa shape index (κ2) is 27.2. The molecular formula is C56H89N7O19. The van der Waals surface area contributed by atoms with Gasteiger partial charge < -0.3 is 90.2 Å². The van der Waals surface area contributed by atoms with Crippen molar-refractivity contribution < 1.29 is 92.3 Å². The number of rotatable bonds is 19. The summed E-state index contributed by atoms with van der Waals surface area (Å²) in [5, 5.41) is 72.9. The van der Waals surface area contributed by atoms with Crippen LogP contribution in [0.25, 0.3) is 0 Å². The lowest BCUT2D eigenvalue weighted by atomic mass is 9.72. The molecule has 26 nitrogen and oxygen atoms in total. The average molecular weight is 1160 g/mol. The Kier molecular flexibility index (Phi) is 22.2. The van der Waals surface area contributed by atoms with Crippen LogP contribution in [0.3, 0.4) is 0 Å². The van der Waals surface area contributed by atoms with Crippen molar-refractivity contribution in [2.75, 3.05) is 39.8 Å². The van der Waals surface area contributed by atoms with E-state index >= 15 is 0 Å². The number of imide groups is 1. The summed E-state index contributed by atoms with van der Waals surface area (Å²) in [5.41, 5.74) is -5.07. The second-order valence-electron chi connectivity index (χ2n) is 25.5. The molecule has 3 aliphatic heterocycles. The van der Waals surface area contributed by atoms with E-state index in [-0.39, 0.29) is 57.6 Å². The zero-order chi connectivity index (χ0) is 61.4. The predicted molar refractivity (Wildman–Crippen MR) is 294 cm³/mol. The Hall–Kier alpha value is -5.87. The van der Waals surface area contributed by atoms with Gasteiger partial charge in [0.25, 0.3) is 11.8 Å². The lowest BCUT2D eigenvalue weighted by Gasteiger charge is -2.52. The summed E-state index contributed by atoms with van der Waals surface area (Å²) in [4.78, 5) is 95.3. The van der Waals surface area contributed by atoms with Gasteiger partial charge in [0.15, 0.2) is 6.29 Å². The highest BCUT2D eigenvalue weighted by molar-refractivity contribution is 6.21. The van der Waals surface area contributed by atoms with Crippen molar-refractivity contribution in [3.8, 4) is 0 Å². The van der Waals surface area contributed by atoms with Gasteiger partial charge in [0.1, 0.15) is 58.2 Å². The summed E-state index contributed by atoms with van der Waals surface area (Å²) in [6, 6.07) is 1.47. The van der Waals surface area contributed by atoms with Crippen LogP contribution in [-0.4, -0.2) is 212 Å². The number of carbonyl (C=O) groups is 7. The molecule has 462 valence electrons. The number of aliphatic hydroxyl groups excluding tert-OH is 4. The van der Waals surface area contributed by atoms with Crippen LogP contribution in [0.1, 0.15) is 143 Å². The van der Waals surface area contributed by atoms with Crippen LogP contribution in [0.5, 0.6) is 0 Å². The quantitative estimate of drug-likeness (QED) is 0.0703. The Morgan fingerprint density at radius 2 is 1.32 bits per heavy atom. The fraction of sp³-hybridized carbons (Fsp3) is 0.732. The molecular weight excluding hydrogens is 1070 g/mol. The summed E-state index contributed by atoms with van der Waals surface area (Å²) in [7, 11) is 1.31. The SMILES string of the molecule is CN(C(=O)OC(C)(C)C)[C@@H]1[C@@H](O)[C@@H](O[C@H]2[C@H](NC(=O)[C@@H](O)CCNC(=O)OC(C)(C)C)C[C@H](NC(=O)OC(C)(C)C)C([C@H]3OC(CNCC(O)CCCN4C(=O)c5ccccc5C4=O)=CC[C@H]3NC(=O)OC(C)(C)C)[C@@H]2O)OC[C@]1(C)O. The van der Waals surface area contributed by atoms with Gasteiger partial charge in [-0.3, -0.25) is 19.3 Å². The number of carbonyl (C=O) groups excluding carboxylic acids is 7. The van der Waals surface area contributed by atoms with Crippen LogP contribution in [0, 0.1) is 5.92 Å². The molecule has 26 heteroatoms. The van der Waals surface area contributed by atoms with Crippen molar-refractivity contribution in [2.24, 2.45) is 5.92 Å². The highest BCUT2D eigenvalue weighted by Gasteiger charge is 2.57. The molecule has 5 rings (SSSR count). The molecule has 4 aliphatic rings. The van der Waals surface area contributed by atoms with E-state index in [9.17, 15) is 59.1 Å². The van der Waals surface area contributed by atoms with E-state index in [2.05, 4.69) is 26.6 Å². The van der Waals surface area contributed by atoms with Crippen LogP contribution in [0.4, 0.5) is 19.2 Å². The van der Waals surface area contributed by atoms with Gasteiger partial charge in [0.05, 0.1) is 54.6 Å². The number of hydrogen-bond donors (Lipinski definition) is 10. The molecule has 2 fully saturated rings. The summed E-state index contributed by atoms with van der Waals surface area (Å²) < 4.78 is 41.3. The Balaban J connectivity index is 1.47. The topological polar surface area (TPSA) is 352 Å². The van der Waals surface area contributed by atoms with Gasteiger partial charge in [-0.05, 0) is 140 Å². The Bertz CT molecular complexity index is 2410. The standard InChI is InChI=1S/C56H89N7O19/c1-52(2,3)79-48(71)58-24-23-37(65)44(68)59-36-26-35(61-50(73)81-54(7,8)9)38(39(66)42(36)78-47-40(67)43(56(13,75)29-76-47)62(14)51(74)82-55(10,11)12)41-34(60-49(72)80-53(4,5)6)22-21-31(77-41)28-57-27-30(64)18-17-25-63-45(69)32-19-15-16-20-33(32)46(63)70/h15-16,19-21,30,34-43,47,57,64-67,75H,17-18,22-29H2,1-14H3,(H,58,71)(H,59,68)(H,60,72)(H,61,73)/t30?,34-,35+,36-,37+,38?,39+,40-,41+,42+,43-,47-,56+/m1/s1. The minimum Gasteiger partial charge on any atom is -0.491 e. The first-order valence-electron chi connectivity index (χ1n) is 27.8. The van der Waals surface area contributed by atoms with Crippen LogP contribution in [-0.2, 0) is 38.0 Å². The maximum absolute atomic E-state index is 14.0. The van der Waals surface area contributed by atoms with Gasteiger partial charge in [-0.2, -0.15) is 0 Å². The van der Waals surface area contributed by atoms with Crippen molar-refractivity contribution in [1.29, 1.82) is 0 Å². The first-order valence-corrected chi connectivity index (χ1v) is 27.8. The van der Waals surface area contributed by atoms with Crippen LogP contribution < -0.4 is 26.6 Å². The third-order valence-electron chi connectivity index (χ3n) is 13.5. The zero-order valence-corrected chi connectivity index (χ0v) is 49.7. The molecule has 13 atom stereocenters. The highest BCUT2D eigenvalue weighted by Crippen LogP contribution is 2.39. The molecule has 0 bridgehead atoms. The van der Waals surface area contributed by atoms with E-state index in [1.54, 1.807) is 113 Å². The number of benzene rings is 1. The van der Waals surface area contributed by atoms with Gasteiger partial charge in [-0.1, -0.05) is 12.1 Å². The molecule has 1 saturated carbocycles. The monoisotopic (exact) mass is 1160 g/mol. The first kappa shape index (κ1) is 66.9. The fourth-order valence-electron chi connectivity index (χ4n) is 10.1. The number of nitrogens with one attached hydrogen (secondary N) is 5. The number of fused-ring (bicyclic) bond motifs is 1. The number of alkyl carbamates (subject to hydrolysis) is 3. The molecule has 2 unspecified atom stereocenters. The Morgan fingerprint density at radius 3 is 1.88 bits per heavy atom. The van der Waals surface area contributed by atoms with E-state index in [0.717, 1.165) is 9.80 Å². The molecule has 3 heterocycles. The molecule has 7 amide bonds. The first-order chi connectivity index (χ1) is 37.8. The summed E-state index contributed by atoms with van der Waals surface area (Å²) in [5.74, 6) is -2.85. The number of aliphatic hydroxyl groups is 5. The van der Waals surface area contributed by atoms with Crippen molar-refractivity contribution >= 4 is 42.1 Å². The lowest BCUT2D eigenvalue weighted by molar-refractivity contribution is -0.305. The minimum atomic E-state index is -1.91. The maximum atomic E-state index is 14.0. The van der Waals surface area contributed by atoms with Crippen molar-refractivity contribution in [2.45, 2.75) is 217 Å². The average Bonchev–Trinajstić information content (AvgIpc) is 3.41. The van der Waals surface area contributed by atoms with E-state index in [1.165, 1.54) is 14.0 Å². The molecule has 10 N–H and O–H groups in total. The second-order valence-corrected chi connectivity index (χ2v) is 25.5. The number of amides is 7. The van der Waals surface area contributed by atoms with E-state index in [0.29, 0.717) is 17.5 Å². The third kappa shape index (κ3) is 19.1.